The molecule has 0 spiro atoms. The van der Waals surface area contributed by atoms with E-state index in [0.29, 0.717) is 32.4 Å². The molecule has 0 aromatic heterocycles. The summed E-state index contributed by atoms with van der Waals surface area (Å²) in [6, 6.07) is -0.461. The minimum Gasteiger partial charge on any atom is -0.352 e. The van der Waals surface area contributed by atoms with E-state index in [9.17, 15) is 13.2 Å². The maximum Gasteiger partial charge on any atom is 0.237 e. The Kier molecular flexibility index (Phi) is 7.09. The van der Waals surface area contributed by atoms with Crippen molar-refractivity contribution in [1.82, 2.24) is 9.62 Å². The molecule has 124 valence electrons. The van der Waals surface area contributed by atoms with E-state index in [1.807, 2.05) is 20.8 Å². The molecule has 0 radical (unpaired) electrons. The zero-order chi connectivity index (χ0) is 16.0. The summed E-state index contributed by atoms with van der Waals surface area (Å²) in [7, 11) is -3.12. The van der Waals surface area contributed by atoms with Crippen LogP contribution in [0.4, 0.5) is 0 Å². The molecule has 0 aromatic rings. The van der Waals surface area contributed by atoms with Crippen LogP contribution in [0.5, 0.6) is 0 Å². The Labute approximate surface area is 128 Å². The van der Waals surface area contributed by atoms with Crippen molar-refractivity contribution in [2.75, 3.05) is 18.8 Å². The van der Waals surface area contributed by atoms with Gasteiger partial charge in [-0.15, -0.1) is 0 Å². The number of nitrogens with one attached hydrogen (secondary N) is 1. The van der Waals surface area contributed by atoms with Crippen molar-refractivity contribution in [3.05, 3.63) is 0 Å². The van der Waals surface area contributed by atoms with Gasteiger partial charge in [0.2, 0.25) is 15.9 Å². The van der Waals surface area contributed by atoms with Crippen LogP contribution < -0.4 is 11.1 Å². The van der Waals surface area contributed by atoms with Gasteiger partial charge in [0.1, 0.15) is 0 Å². The molecule has 1 fully saturated rings. The molecular weight excluding hydrogens is 290 g/mol. The van der Waals surface area contributed by atoms with E-state index in [-0.39, 0.29) is 23.6 Å². The first-order valence-electron chi connectivity index (χ1n) is 7.85. The summed E-state index contributed by atoms with van der Waals surface area (Å²) in [6.45, 7) is 6.79. The van der Waals surface area contributed by atoms with Crippen molar-refractivity contribution < 1.29 is 13.2 Å². The second-order valence-electron chi connectivity index (χ2n) is 5.91. The van der Waals surface area contributed by atoms with Crippen molar-refractivity contribution in [2.24, 2.45) is 11.7 Å². The molecule has 3 N–H and O–H groups in total. The predicted molar refractivity (Wildman–Crippen MR) is 84.2 cm³/mol. The molecule has 0 bridgehead atoms. The largest absolute Gasteiger partial charge is 0.352 e. The maximum atomic E-state index is 12.0. The van der Waals surface area contributed by atoms with E-state index in [4.69, 9.17) is 5.73 Å². The molecule has 0 unspecified atom stereocenters. The molecule has 0 aromatic carbocycles. The Bertz CT molecular complexity index is 431. The van der Waals surface area contributed by atoms with Crippen molar-refractivity contribution in [3.8, 4) is 0 Å². The summed E-state index contributed by atoms with van der Waals surface area (Å²) in [4.78, 5) is 12.0. The van der Waals surface area contributed by atoms with E-state index in [0.717, 1.165) is 6.42 Å². The van der Waals surface area contributed by atoms with Crippen molar-refractivity contribution in [3.63, 3.8) is 0 Å². The standard InChI is InChI=1S/C14H29N3O3S/c1-4-10-21(19,20)17-8-6-12(7-9-17)16-14(18)13(15)11(3)5-2/h11-13H,4-10,15H2,1-3H3,(H,16,18)/t11-,13-/m0/s1. The Morgan fingerprint density at radius 1 is 1.33 bits per heavy atom. The average Bonchev–Trinajstić information content (AvgIpc) is 2.46. The average molecular weight is 319 g/mol. The normalized spacial score (nSPS) is 21.0. The topological polar surface area (TPSA) is 92.5 Å². The van der Waals surface area contributed by atoms with Crippen LogP contribution in [0.2, 0.25) is 0 Å². The number of nitrogens with two attached hydrogens (primary N) is 1. The molecule has 1 heterocycles. The first-order chi connectivity index (χ1) is 9.81. The summed E-state index contributed by atoms with van der Waals surface area (Å²) < 4.78 is 25.5. The van der Waals surface area contributed by atoms with Crippen molar-refractivity contribution in [1.29, 1.82) is 0 Å². The minimum atomic E-state index is -3.12. The number of hydrogen-bond donors (Lipinski definition) is 2. The first kappa shape index (κ1) is 18.4. The summed E-state index contributed by atoms with van der Waals surface area (Å²) in [5, 5.41) is 2.95. The third-order valence-corrected chi connectivity index (χ3v) is 6.29. The van der Waals surface area contributed by atoms with E-state index < -0.39 is 16.1 Å². The highest BCUT2D eigenvalue weighted by Crippen LogP contribution is 2.15. The molecular formula is C14H29N3O3S. The van der Waals surface area contributed by atoms with Crippen LogP contribution in [-0.2, 0) is 14.8 Å². The highest BCUT2D eigenvalue weighted by atomic mass is 32.2. The molecule has 6 nitrogen and oxygen atoms in total. The molecule has 1 aliphatic heterocycles. The molecule has 1 saturated heterocycles. The molecule has 1 aliphatic rings. The lowest BCUT2D eigenvalue weighted by atomic mass is 9.98. The molecule has 7 heteroatoms. The number of amides is 1. The number of carbonyl (C=O) groups is 1. The van der Waals surface area contributed by atoms with E-state index in [1.54, 1.807) is 0 Å². The highest BCUT2D eigenvalue weighted by Gasteiger charge is 2.29. The van der Waals surface area contributed by atoms with Gasteiger partial charge in [-0.05, 0) is 25.2 Å². The van der Waals surface area contributed by atoms with E-state index >= 15 is 0 Å². The third kappa shape index (κ3) is 5.23. The summed E-state index contributed by atoms with van der Waals surface area (Å²) >= 11 is 0. The Hall–Kier alpha value is -0.660. The Balaban J connectivity index is 2.45. The van der Waals surface area contributed by atoms with Gasteiger partial charge in [0, 0.05) is 19.1 Å². The van der Waals surface area contributed by atoms with Crippen LogP contribution in [0.25, 0.3) is 0 Å². The van der Waals surface area contributed by atoms with Gasteiger partial charge in [-0.25, -0.2) is 12.7 Å². The van der Waals surface area contributed by atoms with Gasteiger partial charge in [0.15, 0.2) is 0 Å². The zero-order valence-corrected chi connectivity index (χ0v) is 14.2. The number of rotatable bonds is 7. The number of piperidine rings is 1. The quantitative estimate of drug-likeness (QED) is 0.722. The minimum absolute atomic E-state index is 0.0284. The van der Waals surface area contributed by atoms with Gasteiger partial charge in [0.25, 0.3) is 0 Å². The molecule has 0 saturated carbocycles. The lowest BCUT2D eigenvalue weighted by Gasteiger charge is -2.32. The lowest BCUT2D eigenvalue weighted by molar-refractivity contribution is -0.124. The highest BCUT2D eigenvalue weighted by molar-refractivity contribution is 7.89. The number of carbonyl (C=O) groups excluding carboxylic acids is 1. The van der Waals surface area contributed by atoms with Crippen LogP contribution >= 0.6 is 0 Å². The van der Waals surface area contributed by atoms with Gasteiger partial charge < -0.3 is 11.1 Å². The number of sulfonamides is 1. The molecule has 1 amide bonds. The molecule has 2 atom stereocenters. The fraction of sp³-hybridized carbons (Fsp3) is 0.929. The smallest absolute Gasteiger partial charge is 0.237 e. The summed E-state index contributed by atoms with van der Waals surface area (Å²) in [6.07, 6.45) is 2.80. The second-order valence-corrected chi connectivity index (χ2v) is 8.00. The van der Waals surface area contributed by atoms with Crippen LogP contribution in [0.3, 0.4) is 0 Å². The van der Waals surface area contributed by atoms with Crippen LogP contribution in [0.1, 0.15) is 46.5 Å². The van der Waals surface area contributed by atoms with Gasteiger partial charge >= 0.3 is 0 Å². The second kappa shape index (κ2) is 8.10. The van der Waals surface area contributed by atoms with Gasteiger partial charge in [-0.2, -0.15) is 0 Å². The van der Waals surface area contributed by atoms with Crippen LogP contribution in [-0.4, -0.2) is 49.6 Å². The first-order valence-corrected chi connectivity index (χ1v) is 9.46. The monoisotopic (exact) mass is 319 g/mol. The number of nitrogens with zero attached hydrogens (tertiary/aromatic N) is 1. The van der Waals surface area contributed by atoms with Gasteiger partial charge in [0.05, 0.1) is 11.8 Å². The fourth-order valence-electron chi connectivity index (χ4n) is 2.48. The lowest BCUT2D eigenvalue weighted by Crippen LogP contribution is -2.52. The molecule has 21 heavy (non-hydrogen) atoms. The van der Waals surface area contributed by atoms with Crippen LogP contribution in [0.15, 0.2) is 0 Å². The maximum absolute atomic E-state index is 12.0. The van der Waals surface area contributed by atoms with Gasteiger partial charge in [-0.3, -0.25) is 4.79 Å². The third-order valence-electron chi connectivity index (χ3n) is 4.22. The summed E-state index contributed by atoms with van der Waals surface area (Å²) in [5.74, 6) is 0.220. The molecule has 0 aliphatic carbocycles. The zero-order valence-electron chi connectivity index (χ0n) is 13.3. The van der Waals surface area contributed by atoms with E-state index in [2.05, 4.69) is 5.32 Å². The van der Waals surface area contributed by atoms with Crippen LogP contribution in [0, 0.1) is 5.92 Å². The van der Waals surface area contributed by atoms with Crippen molar-refractivity contribution in [2.45, 2.75) is 58.5 Å². The van der Waals surface area contributed by atoms with E-state index in [1.165, 1.54) is 4.31 Å². The van der Waals surface area contributed by atoms with Gasteiger partial charge in [-0.1, -0.05) is 27.2 Å². The SMILES string of the molecule is CCCS(=O)(=O)N1CCC(NC(=O)[C@@H](N)[C@@H](C)CC)CC1. The number of hydrogen-bond acceptors (Lipinski definition) is 4. The fourth-order valence-corrected chi connectivity index (χ4v) is 4.02. The predicted octanol–water partition coefficient (Wildman–Crippen LogP) is 0.680. The molecule has 1 rings (SSSR count). The van der Waals surface area contributed by atoms with Crippen molar-refractivity contribution >= 4 is 15.9 Å². The summed E-state index contributed by atoms with van der Waals surface area (Å²) in [5.41, 5.74) is 5.91. The Morgan fingerprint density at radius 2 is 1.90 bits per heavy atom. The Morgan fingerprint density at radius 3 is 2.38 bits per heavy atom.